The average molecular weight is 327 g/mol. The topological polar surface area (TPSA) is 93.8 Å². The second kappa shape index (κ2) is 7.87. The van der Waals surface area contributed by atoms with Gasteiger partial charge >= 0.3 is 0 Å². The van der Waals surface area contributed by atoms with Gasteiger partial charge in [-0.3, -0.25) is 14.9 Å². The number of carbonyl (C=O) groups excluding carboxylic acids is 1. The fourth-order valence-electron chi connectivity index (χ4n) is 1.88. The summed E-state index contributed by atoms with van der Waals surface area (Å²) >= 11 is 0. The van der Waals surface area contributed by atoms with Crippen molar-refractivity contribution in [3.8, 4) is 5.75 Å². The molecule has 1 amide bonds. The highest BCUT2D eigenvalue weighted by Crippen LogP contribution is 2.13. The highest BCUT2D eigenvalue weighted by molar-refractivity contribution is 5.99. The molecule has 0 heterocycles. The van der Waals surface area contributed by atoms with Crippen LogP contribution in [0.5, 0.6) is 5.75 Å². The van der Waals surface area contributed by atoms with Gasteiger partial charge in [0, 0.05) is 12.1 Å². The molecule has 124 valence electrons. The fraction of sp³-hybridized carbons (Fsp3) is 0.176. The molecule has 0 saturated heterocycles. The van der Waals surface area contributed by atoms with Crippen molar-refractivity contribution in [3.63, 3.8) is 0 Å². The van der Waals surface area contributed by atoms with Crippen molar-refractivity contribution in [2.45, 2.75) is 20.0 Å². The van der Waals surface area contributed by atoms with Crippen LogP contribution in [0, 0.1) is 10.1 Å². The Hall–Kier alpha value is -3.22. The molecule has 0 bridgehead atoms. The number of hydrogen-bond donors (Lipinski definition) is 1. The number of carbonyl (C=O) groups is 1. The van der Waals surface area contributed by atoms with Gasteiger partial charge in [0.15, 0.2) is 6.10 Å². The lowest BCUT2D eigenvalue weighted by Gasteiger charge is -2.13. The van der Waals surface area contributed by atoms with E-state index in [-0.39, 0.29) is 11.6 Å². The van der Waals surface area contributed by atoms with E-state index in [9.17, 15) is 14.9 Å². The minimum absolute atomic E-state index is 0.000434. The predicted octanol–water partition coefficient (Wildman–Crippen LogP) is 2.90. The third-order valence-corrected chi connectivity index (χ3v) is 3.25. The SMILES string of the molecule is C/C(=N/NC(=O)[C@H](C)Oc1ccccc1)c1ccc([N+](=O)[O-])cc1. The molecule has 0 radical (unpaired) electrons. The molecular formula is C17H17N3O4. The molecule has 2 aromatic carbocycles. The second-order valence-corrected chi connectivity index (χ2v) is 5.05. The molecule has 7 nitrogen and oxygen atoms in total. The average Bonchev–Trinajstić information content (AvgIpc) is 2.60. The lowest BCUT2D eigenvalue weighted by molar-refractivity contribution is -0.384. The highest BCUT2D eigenvalue weighted by Gasteiger charge is 2.14. The molecule has 24 heavy (non-hydrogen) atoms. The number of hydrogen-bond acceptors (Lipinski definition) is 5. The molecule has 0 aliphatic heterocycles. The number of nitrogens with zero attached hydrogens (tertiary/aromatic N) is 2. The van der Waals surface area contributed by atoms with Gasteiger partial charge in [0.1, 0.15) is 5.75 Å². The maximum atomic E-state index is 12.0. The molecule has 1 N–H and O–H groups in total. The normalized spacial score (nSPS) is 12.3. The van der Waals surface area contributed by atoms with Gasteiger partial charge in [0.2, 0.25) is 0 Å². The summed E-state index contributed by atoms with van der Waals surface area (Å²) in [5.74, 6) is 0.205. The van der Waals surface area contributed by atoms with Crippen LogP contribution in [0.3, 0.4) is 0 Å². The van der Waals surface area contributed by atoms with Gasteiger partial charge in [-0.25, -0.2) is 5.43 Å². The van der Waals surface area contributed by atoms with E-state index in [1.165, 1.54) is 12.1 Å². The predicted molar refractivity (Wildman–Crippen MR) is 90.0 cm³/mol. The van der Waals surface area contributed by atoms with E-state index < -0.39 is 11.0 Å². The van der Waals surface area contributed by atoms with Gasteiger partial charge < -0.3 is 4.74 Å². The van der Waals surface area contributed by atoms with Crippen LogP contribution in [0.25, 0.3) is 0 Å². The smallest absolute Gasteiger partial charge is 0.280 e. The van der Waals surface area contributed by atoms with Gasteiger partial charge in [-0.2, -0.15) is 5.10 Å². The first kappa shape index (κ1) is 17.1. The molecule has 2 rings (SSSR count). The van der Waals surface area contributed by atoms with Crippen LogP contribution in [0.1, 0.15) is 19.4 Å². The minimum Gasteiger partial charge on any atom is -0.481 e. The number of ether oxygens (including phenoxy) is 1. The fourth-order valence-corrected chi connectivity index (χ4v) is 1.88. The first-order valence-electron chi connectivity index (χ1n) is 7.28. The Morgan fingerprint density at radius 1 is 1.17 bits per heavy atom. The largest absolute Gasteiger partial charge is 0.481 e. The Morgan fingerprint density at radius 2 is 1.79 bits per heavy atom. The third-order valence-electron chi connectivity index (χ3n) is 3.25. The van der Waals surface area contributed by atoms with Gasteiger partial charge in [-0.15, -0.1) is 0 Å². The number of nitrogens with one attached hydrogen (secondary N) is 1. The van der Waals surface area contributed by atoms with Crippen LogP contribution in [0.2, 0.25) is 0 Å². The summed E-state index contributed by atoms with van der Waals surface area (Å²) in [5.41, 5.74) is 3.64. The lowest BCUT2D eigenvalue weighted by atomic mass is 10.1. The van der Waals surface area contributed by atoms with Crippen LogP contribution in [0.4, 0.5) is 5.69 Å². The minimum atomic E-state index is -0.708. The second-order valence-electron chi connectivity index (χ2n) is 5.05. The quantitative estimate of drug-likeness (QED) is 0.501. The van der Waals surface area contributed by atoms with E-state index in [1.54, 1.807) is 38.1 Å². The zero-order valence-corrected chi connectivity index (χ0v) is 13.3. The zero-order valence-electron chi connectivity index (χ0n) is 13.3. The Bertz CT molecular complexity index is 742. The molecule has 0 aromatic heterocycles. The molecule has 2 aromatic rings. The summed E-state index contributed by atoms with van der Waals surface area (Å²) in [6, 6.07) is 14.9. The van der Waals surface area contributed by atoms with Crippen molar-refractivity contribution < 1.29 is 14.5 Å². The Morgan fingerprint density at radius 3 is 2.38 bits per heavy atom. The van der Waals surface area contributed by atoms with Crippen molar-refractivity contribution in [2.24, 2.45) is 5.10 Å². The number of hydrazone groups is 1. The lowest BCUT2D eigenvalue weighted by Crippen LogP contribution is -2.33. The van der Waals surface area contributed by atoms with E-state index in [2.05, 4.69) is 10.5 Å². The summed E-state index contributed by atoms with van der Waals surface area (Å²) in [4.78, 5) is 22.1. The summed E-state index contributed by atoms with van der Waals surface area (Å²) in [7, 11) is 0. The van der Waals surface area contributed by atoms with Crippen LogP contribution in [-0.2, 0) is 4.79 Å². The Balaban J connectivity index is 1.95. The Labute approximate surface area is 139 Å². The maximum absolute atomic E-state index is 12.0. The maximum Gasteiger partial charge on any atom is 0.280 e. The van der Waals surface area contributed by atoms with Gasteiger partial charge in [-0.05, 0) is 43.7 Å². The molecular weight excluding hydrogens is 310 g/mol. The summed E-state index contributed by atoms with van der Waals surface area (Å²) < 4.78 is 5.50. The standard InChI is InChI=1S/C17H17N3O4/c1-12(14-8-10-15(11-9-14)20(22)23)18-19-17(21)13(2)24-16-6-4-3-5-7-16/h3-11,13H,1-2H3,(H,19,21)/b18-12-/t13-/m0/s1. The van der Waals surface area contributed by atoms with Gasteiger partial charge in [-0.1, -0.05) is 18.2 Å². The van der Waals surface area contributed by atoms with Crippen LogP contribution < -0.4 is 10.2 Å². The number of amides is 1. The number of nitro groups is 1. The molecule has 0 unspecified atom stereocenters. The zero-order chi connectivity index (χ0) is 17.5. The van der Waals surface area contributed by atoms with Crippen molar-refractivity contribution in [3.05, 3.63) is 70.3 Å². The van der Waals surface area contributed by atoms with Crippen LogP contribution in [-0.4, -0.2) is 22.6 Å². The summed E-state index contributed by atoms with van der Waals surface area (Å²) in [6.45, 7) is 3.32. The molecule has 0 saturated carbocycles. The van der Waals surface area contributed by atoms with Gasteiger partial charge in [0.05, 0.1) is 10.6 Å². The number of nitro benzene ring substituents is 1. The molecule has 7 heteroatoms. The first-order chi connectivity index (χ1) is 11.5. The molecule has 0 aliphatic carbocycles. The van der Waals surface area contributed by atoms with E-state index in [0.29, 0.717) is 17.0 Å². The molecule has 0 aliphatic rings. The van der Waals surface area contributed by atoms with Crippen LogP contribution >= 0.6 is 0 Å². The Kier molecular flexibility index (Phi) is 5.62. The third kappa shape index (κ3) is 4.64. The van der Waals surface area contributed by atoms with Crippen molar-refractivity contribution in [2.75, 3.05) is 0 Å². The van der Waals surface area contributed by atoms with Crippen molar-refractivity contribution in [1.29, 1.82) is 0 Å². The molecule has 0 fully saturated rings. The molecule has 0 spiro atoms. The molecule has 1 atom stereocenters. The van der Waals surface area contributed by atoms with Crippen LogP contribution in [0.15, 0.2) is 59.7 Å². The van der Waals surface area contributed by atoms with E-state index >= 15 is 0 Å². The number of benzene rings is 2. The summed E-state index contributed by atoms with van der Waals surface area (Å²) in [5, 5.41) is 14.6. The monoisotopic (exact) mass is 327 g/mol. The number of para-hydroxylation sites is 1. The highest BCUT2D eigenvalue weighted by atomic mass is 16.6. The van der Waals surface area contributed by atoms with Gasteiger partial charge in [0.25, 0.3) is 11.6 Å². The number of non-ortho nitro benzene ring substituents is 1. The van der Waals surface area contributed by atoms with E-state index in [1.807, 2.05) is 18.2 Å². The van der Waals surface area contributed by atoms with Crippen molar-refractivity contribution in [1.82, 2.24) is 5.43 Å². The van der Waals surface area contributed by atoms with E-state index in [4.69, 9.17) is 4.74 Å². The number of rotatable bonds is 6. The first-order valence-corrected chi connectivity index (χ1v) is 7.28. The van der Waals surface area contributed by atoms with E-state index in [0.717, 1.165) is 0 Å². The van der Waals surface area contributed by atoms with Crippen molar-refractivity contribution >= 4 is 17.3 Å². The summed E-state index contributed by atoms with van der Waals surface area (Å²) in [6.07, 6.45) is -0.708.